The van der Waals surface area contributed by atoms with Crippen LogP contribution in [0.25, 0.3) is 16.0 Å². The number of hydrogen-bond acceptors (Lipinski definition) is 3. The maximum Gasteiger partial charge on any atom is 0.341 e. The highest BCUT2D eigenvalue weighted by molar-refractivity contribution is 7.16. The van der Waals surface area contributed by atoms with E-state index in [0.29, 0.717) is 17.2 Å². The van der Waals surface area contributed by atoms with E-state index in [1.807, 2.05) is 53.4 Å². The zero-order chi connectivity index (χ0) is 14.1. The van der Waals surface area contributed by atoms with Crippen molar-refractivity contribution in [2.75, 3.05) is 6.61 Å². The van der Waals surface area contributed by atoms with Crippen LogP contribution in [0, 0.1) is 0 Å². The molecule has 0 bridgehead atoms. The molecule has 0 saturated carbocycles. The second-order valence-electron chi connectivity index (χ2n) is 4.26. The van der Waals surface area contributed by atoms with Gasteiger partial charge in [0, 0.05) is 28.4 Å². The molecule has 0 saturated heterocycles. The third-order valence-electron chi connectivity index (χ3n) is 3.02. The first-order chi connectivity index (χ1) is 9.70. The highest BCUT2D eigenvalue weighted by Crippen LogP contribution is 2.32. The second-order valence-corrected chi connectivity index (χ2v) is 5.59. The van der Waals surface area contributed by atoms with E-state index in [1.54, 1.807) is 0 Å². The van der Waals surface area contributed by atoms with E-state index in [2.05, 4.69) is 0 Å². The molecule has 0 aliphatic heterocycles. The maximum absolute atomic E-state index is 12.2. The van der Waals surface area contributed by atoms with Crippen molar-refractivity contribution < 1.29 is 9.53 Å². The summed E-state index contributed by atoms with van der Waals surface area (Å²) in [6, 6.07) is 7.45. The molecular weight excluding hydrogens is 294 g/mol. The topological polar surface area (TPSA) is 30.7 Å². The molecule has 2 heterocycles. The summed E-state index contributed by atoms with van der Waals surface area (Å²) < 4.78 is 7.12. The SMILES string of the molecule is CCOC(=O)c1c(-c2ccc(Cl)cc2)cn2ccsc12. The third-order valence-corrected chi connectivity index (χ3v) is 4.17. The lowest BCUT2D eigenvalue weighted by molar-refractivity contribution is 0.0530. The molecule has 0 unspecified atom stereocenters. The normalized spacial score (nSPS) is 10.9. The summed E-state index contributed by atoms with van der Waals surface area (Å²) in [5.74, 6) is -0.289. The first-order valence-corrected chi connectivity index (χ1v) is 7.47. The lowest BCUT2D eigenvalue weighted by Gasteiger charge is -2.04. The molecule has 0 aliphatic rings. The number of nitrogens with zero attached hydrogens (tertiary/aromatic N) is 1. The standard InChI is InChI=1S/C15H12ClNO2S/c1-2-19-15(18)13-12(9-17-7-8-20-14(13)17)10-3-5-11(16)6-4-10/h3-9H,2H2,1H3. The highest BCUT2D eigenvalue weighted by Gasteiger charge is 2.21. The van der Waals surface area contributed by atoms with Gasteiger partial charge in [0.25, 0.3) is 0 Å². The van der Waals surface area contributed by atoms with Crippen LogP contribution in [-0.2, 0) is 4.74 Å². The number of carbonyl (C=O) groups excluding carboxylic acids is 1. The van der Waals surface area contributed by atoms with Crippen molar-refractivity contribution in [3.63, 3.8) is 0 Å². The number of thiazole rings is 1. The molecule has 0 spiro atoms. The summed E-state index contributed by atoms with van der Waals surface area (Å²) in [4.78, 5) is 13.1. The van der Waals surface area contributed by atoms with Gasteiger partial charge in [-0.25, -0.2) is 4.79 Å². The predicted molar refractivity (Wildman–Crippen MR) is 81.7 cm³/mol. The van der Waals surface area contributed by atoms with Gasteiger partial charge in [0.1, 0.15) is 10.4 Å². The van der Waals surface area contributed by atoms with E-state index in [9.17, 15) is 4.79 Å². The Kier molecular flexibility index (Phi) is 3.51. The molecule has 20 heavy (non-hydrogen) atoms. The van der Waals surface area contributed by atoms with Crippen LogP contribution in [0.15, 0.2) is 42.0 Å². The number of aromatic nitrogens is 1. The fourth-order valence-electron chi connectivity index (χ4n) is 2.15. The monoisotopic (exact) mass is 305 g/mol. The second kappa shape index (κ2) is 5.31. The zero-order valence-corrected chi connectivity index (χ0v) is 12.4. The van der Waals surface area contributed by atoms with Crippen LogP contribution in [0.1, 0.15) is 17.3 Å². The quantitative estimate of drug-likeness (QED) is 0.667. The molecule has 0 radical (unpaired) electrons. The first-order valence-electron chi connectivity index (χ1n) is 6.22. The average Bonchev–Trinajstić information content (AvgIpc) is 2.99. The number of halogens is 1. The van der Waals surface area contributed by atoms with E-state index in [4.69, 9.17) is 16.3 Å². The molecule has 5 heteroatoms. The Morgan fingerprint density at radius 2 is 2.10 bits per heavy atom. The van der Waals surface area contributed by atoms with Gasteiger partial charge in [-0.3, -0.25) is 0 Å². The van der Waals surface area contributed by atoms with Gasteiger partial charge in [-0.15, -0.1) is 11.3 Å². The maximum atomic E-state index is 12.2. The first kappa shape index (κ1) is 13.2. The molecule has 3 nitrogen and oxygen atoms in total. The number of benzene rings is 1. The van der Waals surface area contributed by atoms with Gasteiger partial charge < -0.3 is 9.14 Å². The summed E-state index contributed by atoms with van der Waals surface area (Å²) in [7, 11) is 0. The fourth-order valence-corrected chi connectivity index (χ4v) is 3.14. The fraction of sp³-hybridized carbons (Fsp3) is 0.133. The molecule has 0 aliphatic carbocycles. The van der Waals surface area contributed by atoms with Crippen LogP contribution >= 0.6 is 22.9 Å². The van der Waals surface area contributed by atoms with E-state index in [0.717, 1.165) is 16.0 Å². The van der Waals surface area contributed by atoms with Crippen LogP contribution in [-0.4, -0.2) is 17.0 Å². The van der Waals surface area contributed by atoms with E-state index in [-0.39, 0.29) is 5.97 Å². The predicted octanol–water partition coefficient (Wildman–Crippen LogP) is 4.50. The Hall–Kier alpha value is -1.78. The molecule has 0 fully saturated rings. The number of fused-ring (bicyclic) bond motifs is 1. The summed E-state index contributed by atoms with van der Waals surface area (Å²) in [5.41, 5.74) is 2.43. The van der Waals surface area contributed by atoms with Gasteiger partial charge >= 0.3 is 5.97 Å². The molecule has 3 aromatic rings. The molecule has 3 rings (SSSR count). The van der Waals surface area contributed by atoms with Crippen molar-refractivity contribution in [1.29, 1.82) is 0 Å². The number of rotatable bonds is 3. The van der Waals surface area contributed by atoms with Crippen molar-refractivity contribution in [2.45, 2.75) is 6.92 Å². The largest absolute Gasteiger partial charge is 0.462 e. The Morgan fingerprint density at radius 3 is 2.80 bits per heavy atom. The van der Waals surface area contributed by atoms with Crippen LogP contribution in [0.4, 0.5) is 0 Å². The highest BCUT2D eigenvalue weighted by atomic mass is 35.5. The smallest absolute Gasteiger partial charge is 0.341 e. The van der Waals surface area contributed by atoms with Gasteiger partial charge in [-0.1, -0.05) is 23.7 Å². The summed E-state index contributed by atoms with van der Waals surface area (Å²) in [6.07, 6.45) is 3.88. The summed E-state index contributed by atoms with van der Waals surface area (Å²) in [5, 5.41) is 2.62. The molecule has 0 atom stereocenters. The van der Waals surface area contributed by atoms with Crippen LogP contribution < -0.4 is 0 Å². The molecule has 102 valence electrons. The van der Waals surface area contributed by atoms with Crippen molar-refractivity contribution in [3.8, 4) is 11.1 Å². The van der Waals surface area contributed by atoms with Crippen molar-refractivity contribution in [2.24, 2.45) is 0 Å². The third kappa shape index (κ3) is 2.21. The van der Waals surface area contributed by atoms with Gasteiger partial charge in [0.2, 0.25) is 0 Å². The number of carbonyl (C=O) groups is 1. The Morgan fingerprint density at radius 1 is 1.35 bits per heavy atom. The van der Waals surface area contributed by atoms with Crippen molar-refractivity contribution in [3.05, 3.63) is 52.6 Å². The molecule has 0 N–H and O–H groups in total. The summed E-state index contributed by atoms with van der Waals surface area (Å²) in [6.45, 7) is 2.17. The minimum atomic E-state index is -0.289. The number of hydrogen-bond donors (Lipinski definition) is 0. The molecular formula is C15H12ClNO2S. The molecule has 2 aromatic heterocycles. The Labute approximate surface area is 125 Å². The minimum absolute atomic E-state index is 0.289. The molecule has 1 aromatic carbocycles. The number of ether oxygens (including phenoxy) is 1. The van der Waals surface area contributed by atoms with E-state index < -0.39 is 0 Å². The van der Waals surface area contributed by atoms with Crippen LogP contribution in [0.3, 0.4) is 0 Å². The van der Waals surface area contributed by atoms with E-state index in [1.165, 1.54) is 11.3 Å². The van der Waals surface area contributed by atoms with Crippen LogP contribution in [0.2, 0.25) is 5.02 Å². The average molecular weight is 306 g/mol. The minimum Gasteiger partial charge on any atom is -0.462 e. The van der Waals surface area contributed by atoms with E-state index >= 15 is 0 Å². The number of esters is 1. The van der Waals surface area contributed by atoms with Gasteiger partial charge in [-0.2, -0.15) is 0 Å². The van der Waals surface area contributed by atoms with Gasteiger partial charge in [0.15, 0.2) is 0 Å². The Balaban J connectivity index is 2.19. The Bertz CT molecular complexity index is 758. The van der Waals surface area contributed by atoms with Gasteiger partial charge in [-0.05, 0) is 24.6 Å². The lowest BCUT2D eigenvalue weighted by atomic mass is 10.1. The van der Waals surface area contributed by atoms with Crippen molar-refractivity contribution >= 4 is 33.7 Å². The summed E-state index contributed by atoms with van der Waals surface area (Å²) >= 11 is 7.44. The van der Waals surface area contributed by atoms with Crippen LogP contribution in [0.5, 0.6) is 0 Å². The lowest BCUT2D eigenvalue weighted by Crippen LogP contribution is -2.05. The van der Waals surface area contributed by atoms with Gasteiger partial charge in [0.05, 0.1) is 6.61 Å². The van der Waals surface area contributed by atoms with Crippen molar-refractivity contribution in [1.82, 2.24) is 4.40 Å². The molecule has 0 amide bonds. The zero-order valence-electron chi connectivity index (χ0n) is 10.8.